The van der Waals surface area contributed by atoms with Crippen molar-refractivity contribution in [2.45, 2.75) is 39.3 Å². The summed E-state index contributed by atoms with van der Waals surface area (Å²) in [5.74, 6) is 0. The quantitative estimate of drug-likeness (QED) is 0.826. The minimum absolute atomic E-state index is 0.692. The van der Waals surface area contributed by atoms with Crippen LogP contribution < -0.4 is 10.2 Å². The zero-order valence-corrected chi connectivity index (χ0v) is 13.1. The first kappa shape index (κ1) is 15.3. The summed E-state index contributed by atoms with van der Waals surface area (Å²) in [4.78, 5) is 9.27. The first-order chi connectivity index (χ1) is 9.76. The molecule has 0 aliphatic carbocycles. The van der Waals surface area contributed by atoms with E-state index in [-0.39, 0.29) is 0 Å². The van der Waals surface area contributed by atoms with Crippen LogP contribution >= 0.6 is 0 Å². The number of rotatable bonds is 7. The summed E-state index contributed by atoms with van der Waals surface area (Å²) in [5.41, 5.74) is 2.60. The van der Waals surface area contributed by atoms with Crippen LogP contribution in [0.3, 0.4) is 0 Å². The van der Waals surface area contributed by atoms with E-state index in [1.54, 1.807) is 0 Å². The summed E-state index contributed by atoms with van der Waals surface area (Å²) in [6.07, 6.45) is 6.54. The highest BCUT2D eigenvalue weighted by Gasteiger charge is 2.24. The van der Waals surface area contributed by atoms with Gasteiger partial charge in [-0.1, -0.05) is 13.8 Å². The Balaban J connectivity index is 2.02. The molecule has 4 nitrogen and oxygen atoms in total. The molecule has 1 aliphatic rings. The molecule has 1 unspecified atom stereocenters. The van der Waals surface area contributed by atoms with Gasteiger partial charge in [0.2, 0.25) is 0 Å². The smallest absolute Gasteiger partial charge is 0.0596 e. The Morgan fingerprint density at radius 2 is 2.30 bits per heavy atom. The second kappa shape index (κ2) is 7.60. The lowest BCUT2D eigenvalue weighted by Gasteiger charge is -2.30. The molecule has 1 N–H and O–H groups in total. The number of pyridine rings is 1. The van der Waals surface area contributed by atoms with Crippen LogP contribution in [-0.2, 0) is 6.54 Å². The highest BCUT2D eigenvalue weighted by molar-refractivity contribution is 5.51. The minimum atomic E-state index is 0.692. The van der Waals surface area contributed by atoms with Crippen LogP contribution in [0.15, 0.2) is 18.5 Å². The van der Waals surface area contributed by atoms with Gasteiger partial charge in [-0.25, -0.2) is 0 Å². The highest BCUT2D eigenvalue weighted by atomic mass is 15.2. The Morgan fingerprint density at radius 3 is 3.05 bits per heavy atom. The van der Waals surface area contributed by atoms with E-state index in [1.165, 1.54) is 30.6 Å². The van der Waals surface area contributed by atoms with Crippen LogP contribution in [0.25, 0.3) is 0 Å². The van der Waals surface area contributed by atoms with Crippen molar-refractivity contribution in [2.75, 3.05) is 38.1 Å². The van der Waals surface area contributed by atoms with E-state index in [9.17, 15) is 0 Å². The van der Waals surface area contributed by atoms with Gasteiger partial charge in [0.05, 0.1) is 11.9 Å². The maximum absolute atomic E-state index is 4.31. The Morgan fingerprint density at radius 1 is 1.45 bits per heavy atom. The second-order valence-electron chi connectivity index (χ2n) is 5.59. The van der Waals surface area contributed by atoms with E-state index < -0.39 is 0 Å². The number of hydrogen-bond donors (Lipinski definition) is 1. The van der Waals surface area contributed by atoms with Gasteiger partial charge in [-0.3, -0.25) is 9.88 Å². The van der Waals surface area contributed by atoms with Gasteiger partial charge in [-0.2, -0.15) is 0 Å². The van der Waals surface area contributed by atoms with Gasteiger partial charge in [-0.15, -0.1) is 0 Å². The molecule has 112 valence electrons. The van der Waals surface area contributed by atoms with E-state index in [0.29, 0.717) is 6.04 Å². The summed E-state index contributed by atoms with van der Waals surface area (Å²) in [5, 5.41) is 3.41. The van der Waals surface area contributed by atoms with Gasteiger partial charge in [0, 0.05) is 32.4 Å². The Labute approximate surface area is 123 Å². The maximum atomic E-state index is 4.31. The standard InChI is InChI=1S/C16H28N4/c1-4-17-11-14-8-9-18-12-16(14)19(3)13-15-7-6-10-20(15)5-2/h8-9,12,15,17H,4-7,10-11,13H2,1-3H3. The predicted molar refractivity (Wildman–Crippen MR) is 85.2 cm³/mol. The molecule has 0 spiro atoms. The van der Waals surface area contributed by atoms with Gasteiger partial charge in [-0.05, 0) is 44.1 Å². The molecule has 1 aliphatic heterocycles. The molecule has 0 aromatic carbocycles. The fraction of sp³-hybridized carbons (Fsp3) is 0.688. The van der Waals surface area contributed by atoms with Crippen LogP contribution in [0.2, 0.25) is 0 Å². The fourth-order valence-corrected chi connectivity index (χ4v) is 3.10. The fourth-order valence-electron chi connectivity index (χ4n) is 3.10. The van der Waals surface area contributed by atoms with Crippen LogP contribution in [0.5, 0.6) is 0 Å². The molecular formula is C16H28N4. The van der Waals surface area contributed by atoms with Gasteiger partial charge < -0.3 is 10.2 Å². The minimum Gasteiger partial charge on any atom is -0.372 e. The van der Waals surface area contributed by atoms with Gasteiger partial charge in [0.1, 0.15) is 0 Å². The van der Waals surface area contributed by atoms with Crippen LogP contribution in [0, 0.1) is 0 Å². The number of nitrogens with zero attached hydrogens (tertiary/aromatic N) is 3. The van der Waals surface area contributed by atoms with E-state index in [2.05, 4.69) is 47.1 Å². The van der Waals surface area contributed by atoms with E-state index in [0.717, 1.165) is 26.2 Å². The van der Waals surface area contributed by atoms with Crippen molar-refractivity contribution in [1.29, 1.82) is 0 Å². The van der Waals surface area contributed by atoms with Crippen LogP contribution in [-0.4, -0.2) is 49.2 Å². The molecule has 20 heavy (non-hydrogen) atoms. The van der Waals surface area contributed by atoms with E-state index >= 15 is 0 Å². The van der Waals surface area contributed by atoms with Crippen LogP contribution in [0.4, 0.5) is 5.69 Å². The van der Waals surface area contributed by atoms with Crippen molar-refractivity contribution < 1.29 is 0 Å². The maximum Gasteiger partial charge on any atom is 0.0596 e. The predicted octanol–water partition coefficient (Wildman–Crippen LogP) is 2.11. The third kappa shape index (κ3) is 3.70. The first-order valence-corrected chi connectivity index (χ1v) is 7.85. The summed E-state index contributed by atoms with van der Waals surface area (Å²) in [6, 6.07) is 2.82. The Kier molecular flexibility index (Phi) is 5.80. The topological polar surface area (TPSA) is 31.4 Å². The van der Waals surface area contributed by atoms with Crippen molar-refractivity contribution >= 4 is 5.69 Å². The number of aromatic nitrogens is 1. The number of likely N-dealkylation sites (tertiary alicyclic amines) is 1. The summed E-state index contributed by atoms with van der Waals surface area (Å²) >= 11 is 0. The first-order valence-electron chi connectivity index (χ1n) is 7.85. The Hall–Kier alpha value is -1.13. The largest absolute Gasteiger partial charge is 0.372 e. The van der Waals surface area contributed by atoms with Gasteiger partial charge in [0.25, 0.3) is 0 Å². The molecule has 4 heteroatoms. The zero-order valence-electron chi connectivity index (χ0n) is 13.1. The lowest BCUT2D eigenvalue weighted by atomic mass is 10.1. The molecule has 1 aromatic heterocycles. The third-order valence-electron chi connectivity index (χ3n) is 4.25. The van der Waals surface area contributed by atoms with Gasteiger partial charge >= 0.3 is 0 Å². The molecule has 2 rings (SSSR count). The molecule has 1 atom stereocenters. The molecule has 2 heterocycles. The SMILES string of the molecule is CCNCc1ccncc1N(C)CC1CCCN1CC. The summed E-state index contributed by atoms with van der Waals surface area (Å²) in [6.45, 7) is 9.83. The van der Waals surface area contributed by atoms with Crippen molar-refractivity contribution in [3.05, 3.63) is 24.0 Å². The van der Waals surface area contributed by atoms with Crippen molar-refractivity contribution in [1.82, 2.24) is 15.2 Å². The number of anilines is 1. The number of likely N-dealkylation sites (N-methyl/N-ethyl adjacent to an activating group) is 2. The van der Waals surface area contributed by atoms with Crippen molar-refractivity contribution in [3.63, 3.8) is 0 Å². The molecule has 0 saturated carbocycles. The zero-order chi connectivity index (χ0) is 14.4. The average molecular weight is 276 g/mol. The summed E-state index contributed by atoms with van der Waals surface area (Å²) in [7, 11) is 2.19. The monoisotopic (exact) mass is 276 g/mol. The van der Waals surface area contributed by atoms with E-state index in [1.807, 2.05) is 12.4 Å². The average Bonchev–Trinajstić information content (AvgIpc) is 2.92. The van der Waals surface area contributed by atoms with Gasteiger partial charge in [0.15, 0.2) is 0 Å². The lowest BCUT2D eigenvalue weighted by Crippen LogP contribution is -2.39. The Bertz CT molecular complexity index is 407. The summed E-state index contributed by atoms with van der Waals surface area (Å²) < 4.78 is 0. The number of hydrogen-bond acceptors (Lipinski definition) is 4. The van der Waals surface area contributed by atoms with Crippen molar-refractivity contribution in [3.8, 4) is 0 Å². The molecule has 0 bridgehead atoms. The third-order valence-corrected chi connectivity index (χ3v) is 4.25. The molecule has 1 aromatic rings. The second-order valence-corrected chi connectivity index (χ2v) is 5.59. The molecular weight excluding hydrogens is 248 g/mol. The van der Waals surface area contributed by atoms with Crippen LogP contribution in [0.1, 0.15) is 32.3 Å². The number of nitrogens with one attached hydrogen (secondary N) is 1. The molecule has 0 radical (unpaired) electrons. The lowest BCUT2D eigenvalue weighted by molar-refractivity contribution is 0.270. The highest BCUT2D eigenvalue weighted by Crippen LogP contribution is 2.22. The van der Waals surface area contributed by atoms with E-state index in [4.69, 9.17) is 0 Å². The normalized spacial score (nSPS) is 19.4. The molecule has 1 fully saturated rings. The molecule has 0 amide bonds. The molecule has 1 saturated heterocycles. The van der Waals surface area contributed by atoms with Crippen molar-refractivity contribution in [2.24, 2.45) is 0 Å².